The molecule has 3 amide bonds. The van der Waals surface area contributed by atoms with E-state index in [9.17, 15) is 19.2 Å². The highest BCUT2D eigenvalue weighted by Crippen LogP contribution is 2.12. The smallest absolute Gasteiger partial charge is 0.408 e. The molecule has 11 nitrogen and oxygen atoms in total. The van der Waals surface area contributed by atoms with Crippen molar-refractivity contribution in [2.75, 3.05) is 6.54 Å². The first-order chi connectivity index (χ1) is 15.3. The average Bonchev–Trinajstić information content (AvgIpc) is 3.22. The maximum atomic E-state index is 12.9. The van der Waals surface area contributed by atoms with E-state index in [-0.39, 0.29) is 25.5 Å². The lowest BCUT2D eigenvalue weighted by Gasteiger charge is -2.24. The number of ketones is 1. The number of carbonyl (C=O) groups is 4. The van der Waals surface area contributed by atoms with Gasteiger partial charge < -0.3 is 25.2 Å². The van der Waals surface area contributed by atoms with Crippen molar-refractivity contribution in [1.82, 2.24) is 26.3 Å². The predicted octanol–water partition coefficient (Wildman–Crippen LogP) is 0.289. The molecule has 170 valence electrons. The van der Waals surface area contributed by atoms with Crippen molar-refractivity contribution in [3.63, 3.8) is 0 Å². The number of hydrogen-bond acceptors (Lipinski definition) is 8. The maximum absolute atomic E-state index is 12.9. The molecule has 0 fully saturated rings. The molecule has 2 heterocycles. The highest BCUT2D eigenvalue weighted by molar-refractivity contribution is 6.38. The lowest BCUT2D eigenvalue weighted by molar-refractivity contribution is -0.140. The van der Waals surface area contributed by atoms with Crippen LogP contribution in [0.2, 0.25) is 0 Å². The van der Waals surface area contributed by atoms with Crippen molar-refractivity contribution in [2.45, 2.75) is 45.4 Å². The van der Waals surface area contributed by atoms with E-state index in [2.05, 4.69) is 26.3 Å². The molecule has 0 saturated heterocycles. The molecule has 1 aliphatic rings. The summed E-state index contributed by atoms with van der Waals surface area (Å²) in [5.41, 5.74) is 1.18. The van der Waals surface area contributed by atoms with Crippen LogP contribution in [0.1, 0.15) is 30.9 Å². The number of rotatable bonds is 6. The molecular formula is C21H25N5O6. The number of nitrogens with one attached hydrogen (secondary N) is 3. The minimum absolute atomic E-state index is 0.0440. The number of nitrogens with zero attached hydrogens (tertiary/aromatic N) is 2. The number of hydrogen-bond donors (Lipinski definition) is 3. The fourth-order valence-electron chi connectivity index (χ4n) is 3.20. The third-order valence-electron chi connectivity index (χ3n) is 4.96. The molecule has 1 aliphatic heterocycles. The van der Waals surface area contributed by atoms with E-state index in [1.165, 1.54) is 0 Å². The summed E-state index contributed by atoms with van der Waals surface area (Å²) < 4.78 is 10.2. The third-order valence-corrected chi connectivity index (χ3v) is 4.96. The molecule has 0 radical (unpaired) electrons. The Balaban J connectivity index is 1.66. The summed E-state index contributed by atoms with van der Waals surface area (Å²) in [5, 5.41) is 14.9. The van der Waals surface area contributed by atoms with Crippen LogP contribution in [-0.2, 0) is 38.6 Å². The summed E-state index contributed by atoms with van der Waals surface area (Å²) in [5.74, 6) is -2.14. The Bertz CT molecular complexity index is 974. The van der Waals surface area contributed by atoms with E-state index in [0.717, 1.165) is 5.56 Å². The van der Waals surface area contributed by atoms with Crippen LogP contribution < -0.4 is 16.0 Å². The van der Waals surface area contributed by atoms with Gasteiger partial charge in [-0.05, 0) is 11.5 Å². The molecule has 2 atom stereocenters. The van der Waals surface area contributed by atoms with Crippen LogP contribution in [0.25, 0.3) is 0 Å². The molecule has 0 spiro atoms. The van der Waals surface area contributed by atoms with Crippen molar-refractivity contribution in [1.29, 1.82) is 0 Å². The molecule has 3 N–H and O–H groups in total. The Hall–Kier alpha value is -3.76. The fourth-order valence-corrected chi connectivity index (χ4v) is 3.20. The number of alkyl carbamates (subject to hydrolysis) is 1. The first kappa shape index (κ1) is 22.9. The van der Waals surface area contributed by atoms with Crippen LogP contribution in [-0.4, -0.2) is 52.7 Å². The van der Waals surface area contributed by atoms with E-state index < -0.39 is 35.8 Å². The summed E-state index contributed by atoms with van der Waals surface area (Å²) in [7, 11) is 0. The van der Waals surface area contributed by atoms with Crippen LogP contribution in [0, 0.1) is 5.92 Å². The number of ether oxygens (including phenoxy) is 1. The average molecular weight is 443 g/mol. The molecule has 3 rings (SSSR count). The number of Topliss-reactive ketones (excluding diaryl/α,β-unsaturated/α-hetero) is 1. The highest BCUT2D eigenvalue weighted by Gasteiger charge is 2.34. The summed E-state index contributed by atoms with van der Waals surface area (Å²) >= 11 is 0. The number of aromatic nitrogens is 2. The first-order valence-electron chi connectivity index (χ1n) is 10.2. The minimum atomic E-state index is -1.19. The minimum Gasteiger partial charge on any atom is -0.445 e. The maximum Gasteiger partial charge on any atom is 0.408 e. The quantitative estimate of drug-likeness (QED) is 0.539. The number of amides is 3. The molecule has 0 saturated carbocycles. The van der Waals surface area contributed by atoms with Gasteiger partial charge in [-0.2, -0.15) is 0 Å². The largest absolute Gasteiger partial charge is 0.445 e. The molecule has 1 aromatic carbocycles. The Morgan fingerprint density at radius 1 is 1.25 bits per heavy atom. The zero-order chi connectivity index (χ0) is 23.1. The number of carbonyl (C=O) groups excluding carboxylic acids is 4. The third kappa shape index (κ3) is 5.90. The first-order valence-corrected chi connectivity index (χ1v) is 10.2. The lowest BCUT2D eigenvalue weighted by atomic mass is 10.0. The molecule has 0 aliphatic carbocycles. The lowest BCUT2D eigenvalue weighted by Crippen LogP contribution is -2.56. The van der Waals surface area contributed by atoms with Crippen molar-refractivity contribution in [3.8, 4) is 0 Å². The van der Waals surface area contributed by atoms with Gasteiger partial charge in [-0.3, -0.25) is 14.4 Å². The Labute approximate surface area is 184 Å². The van der Waals surface area contributed by atoms with Crippen LogP contribution in [0.15, 0.2) is 34.9 Å². The second-order valence-electron chi connectivity index (χ2n) is 7.71. The normalized spacial score (nSPS) is 17.3. The van der Waals surface area contributed by atoms with Crippen LogP contribution >= 0.6 is 0 Å². The molecule has 11 heteroatoms. The number of fused-ring (bicyclic) bond motifs is 1. The van der Waals surface area contributed by atoms with E-state index in [1.54, 1.807) is 26.0 Å². The SMILES string of the molecule is CC(C)C(NC(=O)OCc1ccccc1)C(=O)NC1Cc2nnoc2CCNC(=O)C1=O. The van der Waals surface area contributed by atoms with Gasteiger partial charge in [-0.15, -0.1) is 5.10 Å². The zero-order valence-electron chi connectivity index (χ0n) is 17.8. The molecular weight excluding hydrogens is 418 g/mol. The van der Waals surface area contributed by atoms with E-state index >= 15 is 0 Å². The van der Waals surface area contributed by atoms with Crippen molar-refractivity contribution in [2.24, 2.45) is 5.92 Å². The van der Waals surface area contributed by atoms with Gasteiger partial charge in [-0.25, -0.2) is 4.79 Å². The zero-order valence-corrected chi connectivity index (χ0v) is 17.8. The summed E-state index contributed by atoms with van der Waals surface area (Å²) in [4.78, 5) is 49.9. The van der Waals surface area contributed by atoms with Gasteiger partial charge >= 0.3 is 6.09 Å². The van der Waals surface area contributed by atoms with Gasteiger partial charge in [0.05, 0.1) is 0 Å². The topological polar surface area (TPSA) is 153 Å². The van der Waals surface area contributed by atoms with Gasteiger partial charge in [0.15, 0.2) is 5.76 Å². The Kier molecular flexibility index (Phi) is 7.53. The second kappa shape index (κ2) is 10.5. The molecule has 2 aromatic rings. The highest BCUT2D eigenvalue weighted by atomic mass is 16.5. The van der Waals surface area contributed by atoms with Crippen LogP contribution in [0.4, 0.5) is 4.79 Å². The van der Waals surface area contributed by atoms with E-state index in [4.69, 9.17) is 9.26 Å². The monoisotopic (exact) mass is 443 g/mol. The predicted molar refractivity (Wildman–Crippen MR) is 110 cm³/mol. The summed E-state index contributed by atoms with van der Waals surface area (Å²) in [6.07, 6.45) is -0.504. The van der Waals surface area contributed by atoms with Crippen LogP contribution in [0.5, 0.6) is 0 Å². The van der Waals surface area contributed by atoms with Crippen LogP contribution in [0.3, 0.4) is 0 Å². The van der Waals surface area contributed by atoms with Crippen molar-refractivity contribution < 1.29 is 28.4 Å². The molecule has 1 aromatic heterocycles. The van der Waals surface area contributed by atoms with Gasteiger partial charge in [0.2, 0.25) is 11.7 Å². The van der Waals surface area contributed by atoms with Crippen molar-refractivity contribution >= 4 is 23.7 Å². The fraction of sp³-hybridized carbons (Fsp3) is 0.429. The Morgan fingerprint density at radius 2 is 2.00 bits per heavy atom. The van der Waals surface area contributed by atoms with Crippen molar-refractivity contribution in [3.05, 3.63) is 47.3 Å². The molecule has 2 unspecified atom stereocenters. The summed E-state index contributed by atoms with van der Waals surface area (Å²) in [6, 6.07) is 6.93. The van der Waals surface area contributed by atoms with Gasteiger partial charge in [-0.1, -0.05) is 44.2 Å². The molecule has 0 bridgehead atoms. The second-order valence-corrected chi connectivity index (χ2v) is 7.71. The van der Waals surface area contributed by atoms with E-state index in [1.807, 2.05) is 18.2 Å². The Morgan fingerprint density at radius 3 is 2.72 bits per heavy atom. The summed E-state index contributed by atoms with van der Waals surface area (Å²) in [6.45, 7) is 3.69. The van der Waals surface area contributed by atoms with E-state index in [0.29, 0.717) is 17.9 Å². The molecule has 32 heavy (non-hydrogen) atoms. The standard InChI is InChI=1S/C21H25N5O6/c1-12(2)17(24-21(30)31-11-13-6-4-3-5-7-13)19(28)23-15-10-14-16(32-26-25-14)8-9-22-20(29)18(15)27/h3-7,12,15,17H,8-11H2,1-2H3,(H,22,29)(H,23,28)(H,24,30). The van der Waals surface area contributed by atoms with Gasteiger partial charge in [0, 0.05) is 24.7 Å². The van der Waals surface area contributed by atoms with Gasteiger partial charge in [0.25, 0.3) is 5.91 Å². The van der Waals surface area contributed by atoms with Gasteiger partial charge in [0.1, 0.15) is 24.4 Å². The number of benzene rings is 1.